The van der Waals surface area contributed by atoms with Crippen LogP contribution in [0, 0.1) is 0 Å². The van der Waals surface area contributed by atoms with E-state index in [0.717, 1.165) is 22.3 Å². The van der Waals surface area contributed by atoms with Crippen molar-refractivity contribution in [2.75, 3.05) is 0 Å². The molecule has 0 amide bonds. The summed E-state index contributed by atoms with van der Waals surface area (Å²) in [6.07, 6.45) is 0. The van der Waals surface area contributed by atoms with Gasteiger partial charge in [0.25, 0.3) is 0 Å². The summed E-state index contributed by atoms with van der Waals surface area (Å²) in [5.41, 5.74) is 3.59. The van der Waals surface area contributed by atoms with Crippen LogP contribution in [0.5, 0.6) is 0 Å². The fourth-order valence-electron chi connectivity index (χ4n) is 5.74. The third-order valence-corrected chi connectivity index (χ3v) is 8.15. The number of hydrogen-bond donors (Lipinski definition) is 0. The minimum absolute atomic E-state index is 0.168. The molecular weight excluding hydrogens is 599 g/mol. The van der Waals surface area contributed by atoms with Crippen LogP contribution in [0.3, 0.4) is 0 Å². The SMILES string of the molecule is [2H]c1c([2H])c(-c2nc(-c3ccccc3)nc(-c3ccc(-c4cccc(-c5ccccc5)c4)cc3)n2)c([2H])c(-c2c([2H])c([2H])c([2H])c3c2oc2c([2H])c([2H])c([2H])c([2H])c23)c1[2H]. The van der Waals surface area contributed by atoms with Crippen molar-refractivity contribution in [1.29, 1.82) is 0 Å². The van der Waals surface area contributed by atoms with Gasteiger partial charge >= 0.3 is 0 Å². The highest BCUT2D eigenvalue weighted by molar-refractivity contribution is 6.09. The van der Waals surface area contributed by atoms with Crippen LogP contribution in [0.25, 0.3) is 89.5 Å². The van der Waals surface area contributed by atoms with Gasteiger partial charge in [0.15, 0.2) is 17.5 Å². The molecule has 0 aliphatic carbocycles. The molecule has 0 unspecified atom stereocenters. The van der Waals surface area contributed by atoms with Gasteiger partial charge in [0, 0.05) is 33.0 Å². The molecule has 2 aromatic heterocycles. The van der Waals surface area contributed by atoms with Crippen molar-refractivity contribution in [3.63, 3.8) is 0 Å². The highest BCUT2D eigenvalue weighted by atomic mass is 16.3. The Labute approximate surface area is 299 Å². The van der Waals surface area contributed by atoms with Crippen molar-refractivity contribution in [2.45, 2.75) is 0 Å². The fraction of sp³-hybridized carbons (Fsp3) is 0. The Balaban J connectivity index is 1.25. The van der Waals surface area contributed by atoms with Gasteiger partial charge in [0.1, 0.15) is 11.2 Å². The van der Waals surface area contributed by atoms with Gasteiger partial charge in [-0.15, -0.1) is 0 Å². The van der Waals surface area contributed by atoms with Gasteiger partial charge in [-0.25, -0.2) is 15.0 Å². The Morgan fingerprint density at radius 1 is 0.408 bits per heavy atom. The molecule has 0 saturated carbocycles. The number of furan rings is 1. The molecule has 0 spiro atoms. The maximum atomic E-state index is 9.55. The van der Waals surface area contributed by atoms with E-state index in [1.165, 1.54) is 0 Å². The predicted octanol–water partition coefficient (Wildman–Crippen LogP) is 11.8. The first kappa shape index (κ1) is 19.2. The lowest BCUT2D eigenvalue weighted by atomic mass is 9.98. The molecule has 0 radical (unpaired) electrons. The quantitative estimate of drug-likeness (QED) is 0.182. The zero-order valence-corrected chi connectivity index (χ0v) is 25.6. The number of aromatic nitrogens is 3. The Morgan fingerprint density at radius 2 is 0.939 bits per heavy atom. The molecular formula is C45H29N3O. The molecule has 9 aromatic rings. The fourth-order valence-corrected chi connectivity index (χ4v) is 5.74. The van der Waals surface area contributed by atoms with E-state index in [9.17, 15) is 1.37 Å². The van der Waals surface area contributed by atoms with E-state index in [1.807, 2.05) is 60.7 Å². The smallest absolute Gasteiger partial charge is 0.164 e. The van der Waals surface area contributed by atoms with Crippen molar-refractivity contribution in [3.8, 4) is 67.5 Å². The number of nitrogens with zero attached hydrogens (tertiary/aromatic N) is 3. The highest BCUT2D eigenvalue weighted by Crippen LogP contribution is 2.37. The second-order valence-electron chi connectivity index (χ2n) is 11.2. The maximum Gasteiger partial charge on any atom is 0.164 e. The van der Waals surface area contributed by atoms with Gasteiger partial charge in [0.2, 0.25) is 0 Å². The topological polar surface area (TPSA) is 51.8 Å². The van der Waals surface area contributed by atoms with Gasteiger partial charge in [0.05, 0.1) is 15.1 Å². The largest absolute Gasteiger partial charge is 0.455 e. The van der Waals surface area contributed by atoms with Gasteiger partial charge in [-0.3, -0.25) is 0 Å². The molecule has 4 heteroatoms. The minimum Gasteiger partial charge on any atom is -0.455 e. The monoisotopic (exact) mass is 638 g/mol. The molecule has 9 rings (SSSR count). The number of para-hydroxylation sites is 2. The third kappa shape index (κ3) is 5.45. The molecule has 7 aromatic carbocycles. The van der Waals surface area contributed by atoms with Gasteiger partial charge in [-0.2, -0.15) is 0 Å². The first-order valence-electron chi connectivity index (χ1n) is 21.0. The van der Waals surface area contributed by atoms with Crippen molar-refractivity contribution in [1.82, 2.24) is 15.0 Å². The van der Waals surface area contributed by atoms with Crippen LogP contribution in [0.1, 0.15) is 15.1 Å². The van der Waals surface area contributed by atoms with Crippen LogP contribution in [0.4, 0.5) is 0 Å². The normalized spacial score (nSPS) is 14.4. The Morgan fingerprint density at radius 3 is 1.67 bits per heavy atom. The lowest BCUT2D eigenvalue weighted by molar-refractivity contribution is 0.670. The van der Waals surface area contributed by atoms with Crippen molar-refractivity contribution in [3.05, 3.63) is 176 Å². The molecule has 0 atom stereocenters. The summed E-state index contributed by atoms with van der Waals surface area (Å²) < 4.78 is 103. The van der Waals surface area contributed by atoms with Crippen LogP contribution >= 0.6 is 0 Å². The Bertz CT molecular complexity index is 3210. The van der Waals surface area contributed by atoms with Crippen LogP contribution in [-0.2, 0) is 0 Å². The van der Waals surface area contributed by atoms with Crippen LogP contribution < -0.4 is 0 Å². The van der Waals surface area contributed by atoms with E-state index < -0.39 is 72.0 Å². The lowest BCUT2D eigenvalue weighted by Crippen LogP contribution is -2.00. The number of benzene rings is 7. The predicted molar refractivity (Wildman–Crippen MR) is 200 cm³/mol. The maximum absolute atomic E-state index is 9.55. The standard InChI is InChI=1S/C45H29N3O/c1-3-12-30(13-4-1)34-16-9-17-35(28-34)31-24-26-33(27-25-31)44-46-43(32-14-5-2-6-15-32)47-45(48-44)37-19-10-18-36(29-37)38-21-11-22-40-39-20-7-8-23-41(39)49-42(38)40/h1-29H/i7D,8D,10D,11D,18D,19D,20D,21D,22D,23D,29D. The summed E-state index contributed by atoms with van der Waals surface area (Å²) in [6.45, 7) is 0. The molecule has 0 aliphatic heterocycles. The van der Waals surface area contributed by atoms with E-state index in [0.29, 0.717) is 11.1 Å². The lowest BCUT2D eigenvalue weighted by Gasteiger charge is -2.11. The van der Waals surface area contributed by atoms with Crippen molar-refractivity contribution in [2.24, 2.45) is 0 Å². The average molecular weight is 639 g/mol. The Kier molecular flexibility index (Phi) is 4.78. The molecule has 49 heavy (non-hydrogen) atoms. The minimum atomic E-state index is -0.654. The van der Waals surface area contributed by atoms with E-state index >= 15 is 0 Å². The molecule has 230 valence electrons. The molecule has 0 bridgehead atoms. The molecule has 0 aliphatic rings. The van der Waals surface area contributed by atoms with Crippen molar-refractivity contribution >= 4 is 21.9 Å². The highest BCUT2D eigenvalue weighted by Gasteiger charge is 2.16. The molecule has 0 N–H and O–H groups in total. The summed E-state index contributed by atoms with van der Waals surface area (Å²) in [6, 6.07) is 28.3. The first-order chi connectivity index (χ1) is 28.8. The van der Waals surface area contributed by atoms with Crippen molar-refractivity contribution < 1.29 is 19.5 Å². The Hall–Kier alpha value is -6.65. The first-order valence-corrected chi connectivity index (χ1v) is 15.5. The molecule has 0 fully saturated rings. The van der Waals surface area contributed by atoms with Crippen LogP contribution in [0.2, 0.25) is 0 Å². The molecule has 0 saturated heterocycles. The van der Waals surface area contributed by atoms with E-state index in [2.05, 4.69) is 29.2 Å². The van der Waals surface area contributed by atoms with E-state index in [-0.39, 0.29) is 50.5 Å². The summed E-state index contributed by atoms with van der Waals surface area (Å²) >= 11 is 0. The second kappa shape index (κ2) is 12.2. The molecule has 2 heterocycles. The number of rotatable bonds is 6. The van der Waals surface area contributed by atoms with Gasteiger partial charge in [-0.05, 0) is 46.0 Å². The summed E-state index contributed by atoms with van der Waals surface area (Å²) in [7, 11) is 0. The number of fused-ring (bicyclic) bond motifs is 3. The zero-order chi connectivity index (χ0) is 42.1. The zero-order valence-electron chi connectivity index (χ0n) is 36.6. The molecule has 4 nitrogen and oxygen atoms in total. The van der Waals surface area contributed by atoms with Gasteiger partial charge < -0.3 is 4.42 Å². The summed E-state index contributed by atoms with van der Waals surface area (Å²) in [4.78, 5) is 14.2. The van der Waals surface area contributed by atoms with E-state index in [4.69, 9.17) is 28.1 Å². The number of hydrogen-bond acceptors (Lipinski definition) is 4. The third-order valence-electron chi connectivity index (χ3n) is 8.15. The summed E-state index contributed by atoms with van der Waals surface area (Å²) in [5.74, 6) is 0.230. The van der Waals surface area contributed by atoms with Crippen LogP contribution in [-0.4, -0.2) is 15.0 Å². The van der Waals surface area contributed by atoms with Gasteiger partial charge in [-0.1, -0.05) is 158 Å². The second-order valence-corrected chi connectivity index (χ2v) is 11.2. The average Bonchev–Trinajstić information content (AvgIpc) is 3.69. The summed E-state index contributed by atoms with van der Waals surface area (Å²) in [5, 5.41) is -0.402. The van der Waals surface area contributed by atoms with Crippen LogP contribution in [0.15, 0.2) is 180 Å². The van der Waals surface area contributed by atoms with E-state index in [1.54, 1.807) is 24.3 Å².